The fourth-order valence-electron chi connectivity index (χ4n) is 2.23. The van der Waals surface area contributed by atoms with Gasteiger partial charge in [0.15, 0.2) is 0 Å². The lowest BCUT2D eigenvalue weighted by atomic mass is 10.2. The maximum absolute atomic E-state index is 13.2. The van der Waals surface area contributed by atoms with Crippen LogP contribution in [-0.4, -0.2) is 13.4 Å². The van der Waals surface area contributed by atoms with Crippen molar-refractivity contribution in [1.82, 2.24) is 9.71 Å². The number of hydrogen-bond acceptors (Lipinski definition) is 4. The van der Waals surface area contributed by atoms with Crippen LogP contribution >= 0.6 is 11.3 Å². The van der Waals surface area contributed by atoms with Gasteiger partial charge in [0.2, 0.25) is 10.0 Å². The first-order valence-electron chi connectivity index (χ1n) is 7.22. The Kier molecular flexibility index (Phi) is 5.03. The first-order chi connectivity index (χ1) is 11.5. The zero-order chi connectivity index (χ0) is 17.0. The molecule has 3 rings (SSSR count). The summed E-state index contributed by atoms with van der Waals surface area (Å²) in [5.41, 5.74) is 2.04. The van der Waals surface area contributed by atoms with Gasteiger partial charge in [-0.25, -0.2) is 17.5 Å². The summed E-state index contributed by atoms with van der Waals surface area (Å²) in [6, 6.07) is 13.1. The van der Waals surface area contributed by atoms with Crippen molar-refractivity contribution >= 4 is 21.4 Å². The summed E-state index contributed by atoms with van der Waals surface area (Å²) < 4.78 is 40.0. The highest BCUT2D eigenvalue weighted by Gasteiger charge is 2.12. The SMILES string of the molecule is O=S(=O)(Cc1cccc(F)c1)NCc1ccnc(-c2cccs2)c1. The molecule has 2 heterocycles. The van der Waals surface area contributed by atoms with Crippen LogP contribution in [0, 0.1) is 5.82 Å². The highest BCUT2D eigenvalue weighted by Crippen LogP contribution is 2.23. The molecule has 4 nitrogen and oxygen atoms in total. The quantitative estimate of drug-likeness (QED) is 0.729. The van der Waals surface area contributed by atoms with Gasteiger partial charge in [0.1, 0.15) is 5.82 Å². The smallest absolute Gasteiger partial charge is 0.216 e. The second-order valence-electron chi connectivity index (χ2n) is 5.24. The number of thiophene rings is 1. The van der Waals surface area contributed by atoms with Crippen molar-refractivity contribution in [2.75, 3.05) is 0 Å². The molecular weight excluding hydrogens is 347 g/mol. The minimum Gasteiger partial charge on any atom is -0.255 e. The summed E-state index contributed by atoms with van der Waals surface area (Å²) in [5, 5.41) is 1.96. The maximum atomic E-state index is 13.2. The van der Waals surface area contributed by atoms with E-state index in [9.17, 15) is 12.8 Å². The normalized spacial score (nSPS) is 11.5. The molecule has 0 aliphatic carbocycles. The lowest BCUT2D eigenvalue weighted by molar-refractivity contribution is 0.580. The minimum atomic E-state index is -3.55. The van der Waals surface area contributed by atoms with E-state index >= 15 is 0 Å². The van der Waals surface area contributed by atoms with Crippen molar-refractivity contribution in [1.29, 1.82) is 0 Å². The molecule has 0 saturated carbocycles. The third kappa shape index (κ3) is 4.47. The van der Waals surface area contributed by atoms with Crippen molar-refractivity contribution in [2.24, 2.45) is 0 Å². The topological polar surface area (TPSA) is 59.1 Å². The van der Waals surface area contributed by atoms with Gasteiger partial charge in [-0.2, -0.15) is 0 Å². The Morgan fingerprint density at radius 2 is 1.96 bits per heavy atom. The molecule has 124 valence electrons. The number of rotatable bonds is 6. The molecule has 0 spiro atoms. The first kappa shape index (κ1) is 16.8. The number of aromatic nitrogens is 1. The highest BCUT2D eigenvalue weighted by atomic mass is 32.2. The molecule has 2 aromatic heterocycles. The van der Waals surface area contributed by atoms with E-state index in [2.05, 4.69) is 9.71 Å². The van der Waals surface area contributed by atoms with Crippen LogP contribution in [0.3, 0.4) is 0 Å². The average molecular weight is 362 g/mol. The Balaban J connectivity index is 1.67. The Bertz CT molecular complexity index is 925. The van der Waals surface area contributed by atoms with Gasteiger partial charge < -0.3 is 0 Å². The third-order valence-electron chi connectivity index (χ3n) is 3.34. The van der Waals surface area contributed by atoms with Gasteiger partial charge >= 0.3 is 0 Å². The molecule has 1 aromatic carbocycles. The minimum absolute atomic E-state index is 0.165. The zero-order valence-corrected chi connectivity index (χ0v) is 14.3. The van der Waals surface area contributed by atoms with Crippen LogP contribution in [0.1, 0.15) is 11.1 Å². The molecule has 0 fully saturated rings. The summed E-state index contributed by atoms with van der Waals surface area (Å²) in [7, 11) is -3.55. The predicted molar refractivity (Wildman–Crippen MR) is 93.4 cm³/mol. The van der Waals surface area contributed by atoms with E-state index in [1.807, 2.05) is 23.6 Å². The van der Waals surface area contributed by atoms with Crippen LogP contribution in [0.4, 0.5) is 4.39 Å². The van der Waals surface area contributed by atoms with Crippen LogP contribution in [-0.2, 0) is 22.3 Å². The van der Waals surface area contributed by atoms with E-state index < -0.39 is 15.8 Å². The fourth-order valence-corrected chi connectivity index (χ4v) is 4.03. The lowest BCUT2D eigenvalue weighted by Crippen LogP contribution is -2.24. The molecule has 24 heavy (non-hydrogen) atoms. The van der Waals surface area contributed by atoms with Gasteiger partial charge in [0, 0.05) is 12.7 Å². The molecule has 0 amide bonds. The zero-order valence-electron chi connectivity index (χ0n) is 12.6. The van der Waals surface area contributed by atoms with Crippen molar-refractivity contribution in [2.45, 2.75) is 12.3 Å². The Morgan fingerprint density at radius 1 is 1.08 bits per heavy atom. The van der Waals surface area contributed by atoms with E-state index in [4.69, 9.17) is 0 Å². The van der Waals surface area contributed by atoms with E-state index in [-0.39, 0.29) is 12.3 Å². The van der Waals surface area contributed by atoms with Crippen LogP contribution in [0.2, 0.25) is 0 Å². The monoisotopic (exact) mass is 362 g/mol. The molecule has 7 heteroatoms. The third-order valence-corrected chi connectivity index (χ3v) is 5.53. The van der Waals surface area contributed by atoms with Crippen LogP contribution in [0.5, 0.6) is 0 Å². The molecule has 0 radical (unpaired) electrons. The van der Waals surface area contributed by atoms with Gasteiger partial charge in [-0.3, -0.25) is 4.98 Å². The van der Waals surface area contributed by atoms with E-state index in [0.717, 1.165) is 16.1 Å². The Labute approximate surface area is 144 Å². The van der Waals surface area contributed by atoms with Crippen LogP contribution < -0.4 is 4.72 Å². The van der Waals surface area contributed by atoms with Gasteiger partial charge in [0.25, 0.3) is 0 Å². The number of nitrogens with one attached hydrogen (secondary N) is 1. The number of nitrogens with zero attached hydrogens (tertiary/aromatic N) is 1. The Hall–Kier alpha value is -2.09. The largest absolute Gasteiger partial charge is 0.255 e. The summed E-state index contributed by atoms with van der Waals surface area (Å²) in [4.78, 5) is 5.32. The molecule has 1 N–H and O–H groups in total. The highest BCUT2D eigenvalue weighted by molar-refractivity contribution is 7.88. The second kappa shape index (κ2) is 7.21. The lowest BCUT2D eigenvalue weighted by Gasteiger charge is -2.08. The van der Waals surface area contributed by atoms with Crippen molar-refractivity contribution in [3.05, 3.63) is 77.1 Å². The van der Waals surface area contributed by atoms with E-state index in [1.165, 1.54) is 18.2 Å². The number of sulfonamides is 1. The molecule has 0 unspecified atom stereocenters. The summed E-state index contributed by atoms with van der Waals surface area (Å²) in [6.45, 7) is 0.165. The molecular formula is C17H15FN2O2S2. The molecule has 0 saturated heterocycles. The number of hydrogen-bond donors (Lipinski definition) is 1. The second-order valence-corrected chi connectivity index (χ2v) is 7.99. The summed E-state index contributed by atoms with van der Waals surface area (Å²) in [5.74, 6) is -0.703. The Morgan fingerprint density at radius 3 is 2.71 bits per heavy atom. The predicted octanol–water partition coefficient (Wildman–Crippen LogP) is 3.57. The van der Waals surface area contributed by atoms with Gasteiger partial charge in [0.05, 0.1) is 16.3 Å². The molecule has 0 bridgehead atoms. The van der Waals surface area contributed by atoms with Crippen molar-refractivity contribution in [3.63, 3.8) is 0 Å². The summed E-state index contributed by atoms with van der Waals surface area (Å²) in [6.07, 6.45) is 1.66. The van der Waals surface area contributed by atoms with Crippen LogP contribution in [0.25, 0.3) is 10.6 Å². The summed E-state index contributed by atoms with van der Waals surface area (Å²) >= 11 is 1.57. The van der Waals surface area contributed by atoms with E-state index in [0.29, 0.717) is 5.56 Å². The van der Waals surface area contributed by atoms with Gasteiger partial charge in [-0.05, 0) is 46.8 Å². The number of benzene rings is 1. The standard InChI is InChI=1S/C17H15FN2O2S2/c18-15-4-1-3-14(9-15)12-24(21,22)20-11-13-6-7-19-16(10-13)17-5-2-8-23-17/h1-10,20H,11-12H2. The fraction of sp³-hybridized carbons (Fsp3) is 0.118. The van der Waals surface area contributed by atoms with Gasteiger partial charge in [-0.1, -0.05) is 18.2 Å². The maximum Gasteiger partial charge on any atom is 0.216 e. The van der Waals surface area contributed by atoms with Crippen molar-refractivity contribution < 1.29 is 12.8 Å². The van der Waals surface area contributed by atoms with Crippen molar-refractivity contribution in [3.8, 4) is 10.6 Å². The number of pyridine rings is 1. The molecule has 3 aromatic rings. The van der Waals surface area contributed by atoms with Gasteiger partial charge in [-0.15, -0.1) is 11.3 Å². The molecule has 0 aliphatic rings. The van der Waals surface area contributed by atoms with E-state index in [1.54, 1.807) is 29.7 Å². The molecule has 0 atom stereocenters. The van der Waals surface area contributed by atoms with Crippen LogP contribution in [0.15, 0.2) is 60.1 Å². The first-order valence-corrected chi connectivity index (χ1v) is 9.76. The number of halogens is 1. The molecule has 0 aliphatic heterocycles. The average Bonchev–Trinajstić information content (AvgIpc) is 3.07.